The third kappa shape index (κ3) is 15.9. The molecule has 2 heteroatoms. The Morgan fingerprint density at radius 3 is 1.47 bits per heavy atom. The molecule has 17 heavy (non-hydrogen) atoms. The Hall–Kier alpha value is -0.0800. The van der Waals surface area contributed by atoms with Crippen LogP contribution >= 0.6 is 0 Å². The standard InChI is InChI=1S/C15H34N2/c1-15(2)17-14-12-10-8-6-4-5-7-9-11-13-16-3/h15-17H,4-14H2,1-3H3. The van der Waals surface area contributed by atoms with E-state index in [0.717, 1.165) is 0 Å². The molecule has 0 atom stereocenters. The van der Waals surface area contributed by atoms with Crippen LogP contribution in [0.4, 0.5) is 0 Å². The highest BCUT2D eigenvalue weighted by atomic mass is 14.9. The Morgan fingerprint density at radius 2 is 1.06 bits per heavy atom. The minimum Gasteiger partial charge on any atom is -0.320 e. The molecule has 104 valence electrons. The molecule has 0 fully saturated rings. The first-order valence-corrected chi connectivity index (χ1v) is 7.65. The molecule has 0 aromatic heterocycles. The molecule has 2 nitrogen and oxygen atoms in total. The van der Waals surface area contributed by atoms with Gasteiger partial charge in [-0.15, -0.1) is 0 Å². The lowest BCUT2D eigenvalue weighted by Crippen LogP contribution is -2.23. The van der Waals surface area contributed by atoms with Crippen molar-refractivity contribution in [1.29, 1.82) is 0 Å². The normalized spacial score (nSPS) is 11.3. The van der Waals surface area contributed by atoms with Crippen LogP contribution in [0.1, 0.15) is 71.6 Å². The van der Waals surface area contributed by atoms with Gasteiger partial charge in [0.1, 0.15) is 0 Å². The van der Waals surface area contributed by atoms with Crippen molar-refractivity contribution in [3.05, 3.63) is 0 Å². The molecule has 0 bridgehead atoms. The summed E-state index contributed by atoms with van der Waals surface area (Å²) in [5.41, 5.74) is 0. The quantitative estimate of drug-likeness (QED) is 0.481. The molecule has 0 aromatic rings. The molecule has 0 amide bonds. The van der Waals surface area contributed by atoms with Crippen LogP contribution in [-0.4, -0.2) is 26.2 Å². The van der Waals surface area contributed by atoms with E-state index in [4.69, 9.17) is 0 Å². The van der Waals surface area contributed by atoms with Gasteiger partial charge in [-0.05, 0) is 33.0 Å². The van der Waals surface area contributed by atoms with Gasteiger partial charge in [-0.25, -0.2) is 0 Å². The van der Waals surface area contributed by atoms with Crippen molar-refractivity contribution in [2.45, 2.75) is 77.7 Å². The summed E-state index contributed by atoms with van der Waals surface area (Å²) in [4.78, 5) is 0. The SMILES string of the molecule is CNCCCCCCCCCCCNC(C)C. The van der Waals surface area contributed by atoms with Gasteiger partial charge in [-0.1, -0.05) is 58.8 Å². The van der Waals surface area contributed by atoms with E-state index in [9.17, 15) is 0 Å². The molecule has 0 aliphatic rings. The fraction of sp³-hybridized carbons (Fsp3) is 1.00. The fourth-order valence-corrected chi connectivity index (χ4v) is 2.05. The molecule has 0 aliphatic carbocycles. The predicted molar refractivity (Wildman–Crippen MR) is 78.6 cm³/mol. The van der Waals surface area contributed by atoms with Crippen LogP contribution in [0.2, 0.25) is 0 Å². The van der Waals surface area contributed by atoms with Crippen LogP contribution in [-0.2, 0) is 0 Å². The molecular formula is C15H34N2. The Morgan fingerprint density at radius 1 is 0.647 bits per heavy atom. The molecule has 0 aliphatic heterocycles. The first-order chi connectivity index (χ1) is 8.27. The second kappa shape index (κ2) is 14.0. The average Bonchev–Trinajstić information content (AvgIpc) is 2.30. The van der Waals surface area contributed by atoms with E-state index < -0.39 is 0 Å². The van der Waals surface area contributed by atoms with E-state index in [2.05, 4.69) is 24.5 Å². The van der Waals surface area contributed by atoms with Crippen molar-refractivity contribution >= 4 is 0 Å². The molecule has 0 spiro atoms. The smallest absolute Gasteiger partial charge is 0.00103 e. The summed E-state index contributed by atoms with van der Waals surface area (Å²) in [7, 11) is 2.04. The lowest BCUT2D eigenvalue weighted by atomic mass is 10.1. The summed E-state index contributed by atoms with van der Waals surface area (Å²) in [6.45, 7) is 6.81. The topological polar surface area (TPSA) is 24.1 Å². The maximum atomic E-state index is 3.47. The van der Waals surface area contributed by atoms with Gasteiger partial charge >= 0.3 is 0 Å². The molecule has 2 N–H and O–H groups in total. The largest absolute Gasteiger partial charge is 0.320 e. The third-order valence-electron chi connectivity index (χ3n) is 3.16. The molecule has 0 aromatic carbocycles. The monoisotopic (exact) mass is 242 g/mol. The molecule has 0 radical (unpaired) electrons. The highest BCUT2D eigenvalue weighted by molar-refractivity contribution is 4.53. The summed E-state index contributed by atoms with van der Waals surface area (Å²) < 4.78 is 0. The maximum Gasteiger partial charge on any atom is 0.00103 e. The zero-order chi connectivity index (χ0) is 12.8. The number of rotatable bonds is 13. The molecule has 0 heterocycles. The zero-order valence-corrected chi connectivity index (χ0v) is 12.4. The van der Waals surface area contributed by atoms with E-state index >= 15 is 0 Å². The lowest BCUT2D eigenvalue weighted by Gasteiger charge is -2.07. The van der Waals surface area contributed by atoms with Crippen molar-refractivity contribution in [2.24, 2.45) is 0 Å². The van der Waals surface area contributed by atoms with Crippen molar-refractivity contribution in [2.75, 3.05) is 20.1 Å². The summed E-state index contributed by atoms with van der Waals surface area (Å²) in [5, 5.41) is 6.67. The molecule has 0 saturated carbocycles. The van der Waals surface area contributed by atoms with Gasteiger partial charge in [-0.3, -0.25) is 0 Å². The van der Waals surface area contributed by atoms with Crippen molar-refractivity contribution in [1.82, 2.24) is 10.6 Å². The summed E-state index contributed by atoms with van der Waals surface area (Å²) in [6.07, 6.45) is 12.7. The zero-order valence-electron chi connectivity index (χ0n) is 12.4. The number of nitrogens with one attached hydrogen (secondary N) is 2. The van der Waals surface area contributed by atoms with Gasteiger partial charge in [-0.2, -0.15) is 0 Å². The van der Waals surface area contributed by atoms with Gasteiger partial charge in [0.15, 0.2) is 0 Å². The van der Waals surface area contributed by atoms with E-state index in [1.165, 1.54) is 70.9 Å². The minimum absolute atomic E-state index is 0.646. The van der Waals surface area contributed by atoms with Crippen LogP contribution in [0.3, 0.4) is 0 Å². The van der Waals surface area contributed by atoms with Crippen LogP contribution in [0.5, 0.6) is 0 Å². The number of unbranched alkanes of at least 4 members (excludes halogenated alkanes) is 8. The van der Waals surface area contributed by atoms with Gasteiger partial charge in [0.2, 0.25) is 0 Å². The first kappa shape index (κ1) is 16.9. The highest BCUT2D eigenvalue weighted by Crippen LogP contribution is 2.09. The van der Waals surface area contributed by atoms with E-state index in [0.29, 0.717) is 6.04 Å². The lowest BCUT2D eigenvalue weighted by molar-refractivity contribution is 0.523. The first-order valence-electron chi connectivity index (χ1n) is 7.65. The Bertz CT molecular complexity index is 135. The Kier molecular flexibility index (Phi) is 13.9. The van der Waals surface area contributed by atoms with E-state index in [1.807, 2.05) is 7.05 Å². The van der Waals surface area contributed by atoms with Crippen molar-refractivity contribution in [3.8, 4) is 0 Å². The summed E-state index contributed by atoms with van der Waals surface area (Å²) in [5.74, 6) is 0. The van der Waals surface area contributed by atoms with Gasteiger partial charge in [0.05, 0.1) is 0 Å². The van der Waals surface area contributed by atoms with Crippen LogP contribution in [0, 0.1) is 0 Å². The molecule has 0 unspecified atom stereocenters. The van der Waals surface area contributed by atoms with Crippen molar-refractivity contribution < 1.29 is 0 Å². The van der Waals surface area contributed by atoms with Crippen LogP contribution in [0.15, 0.2) is 0 Å². The van der Waals surface area contributed by atoms with Gasteiger partial charge in [0, 0.05) is 6.04 Å². The van der Waals surface area contributed by atoms with E-state index in [1.54, 1.807) is 0 Å². The number of hydrogen-bond acceptors (Lipinski definition) is 2. The molecular weight excluding hydrogens is 208 g/mol. The van der Waals surface area contributed by atoms with Crippen LogP contribution < -0.4 is 10.6 Å². The number of hydrogen-bond donors (Lipinski definition) is 2. The second-order valence-electron chi connectivity index (χ2n) is 5.39. The molecule has 0 saturated heterocycles. The summed E-state index contributed by atoms with van der Waals surface area (Å²) in [6, 6.07) is 0.646. The minimum atomic E-state index is 0.646. The second-order valence-corrected chi connectivity index (χ2v) is 5.39. The summed E-state index contributed by atoms with van der Waals surface area (Å²) >= 11 is 0. The van der Waals surface area contributed by atoms with Crippen LogP contribution in [0.25, 0.3) is 0 Å². The third-order valence-corrected chi connectivity index (χ3v) is 3.16. The average molecular weight is 242 g/mol. The van der Waals surface area contributed by atoms with Gasteiger partial charge < -0.3 is 10.6 Å². The Balaban J connectivity index is 2.89. The molecule has 0 rings (SSSR count). The maximum absolute atomic E-state index is 3.47. The highest BCUT2D eigenvalue weighted by Gasteiger charge is 1.94. The van der Waals surface area contributed by atoms with Crippen molar-refractivity contribution in [3.63, 3.8) is 0 Å². The Labute approximate surface area is 109 Å². The van der Waals surface area contributed by atoms with Gasteiger partial charge in [0.25, 0.3) is 0 Å². The predicted octanol–water partition coefficient (Wildman–Crippen LogP) is 3.71. The van der Waals surface area contributed by atoms with E-state index in [-0.39, 0.29) is 0 Å². The fourth-order valence-electron chi connectivity index (χ4n) is 2.05.